The molecule has 0 atom stereocenters. The minimum Gasteiger partial charge on any atom is -0.308 e. The lowest BCUT2D eigenvalue weighted by atomic mass is 10.1. The number of aromatic nitrogens is 2. The molecular weight excluding hydrogens is 350 g/mol. The van der Waals surface area contributed by atoms with Crippen LogP contribution in [0.4, 0.5) is 0 Å². The number of H-pyrrole nitrogens is 1. The number of hydrogen-bond acceptors (Lipinski definition) is 4. The summed E-state index contributed by atoms with van der Waals surface area (Å²) >= 11 is 4.95. The molecule has 1 aromatic heterocycles. The molecule has 1 heterocycles. The number of hydrogen-bond donors (Lipinski definition) is 2. The van der Waals surface area contributed by atoms with Crippen LogP contribution in [-0.2, 0) is 6.54 Å². The Hall–Kier alpha value is -1.11. The summed E-state index contributed by atoms with van der Waals surface area (Å²) in [4.78, 5) is 19.3. The number of aromatic amines is 1. The fraction of sp³-hybridized carbons (Fsp3) is 0.333. The highest BCUT2D eigenvalue weighted by Gasteiger charge is 2.12. The third-order valence-corrected chi connectivity index (χ3v) is 4.19. The molecule has 2 aromatic rings. The van der Waals surface area contributed by atoms with Crippen molar-refractivity contribution in [2.45, 2.75) is 42.9 Å². The molecule has 0 unspecified atom stereocenters. The molecule has 0 radical (unpaired) electrons. The highest BCUT2D eigenvalue weighted by molar-refractivity contribution is 9.10. The molecule has 2 rings (SSSR count). The van der Waals surface area contributed by atoms with Gasteiger partial charge in [0, 0.05) is 33.7 Å². The van der Waals surface area contributed by atoms with Crippen molar-refractivity contribution < 1.29 is 0 Å². The summed E-state index contributed by atoms with van der Waals surface area (Å²) in [6.45, 7) is 7.16. The van der Waals surface area contributed by atoms with Gasteiger partial charge in [-0.05, 0) is 38.5 Å². The van der Waals surface area contributed by atoms with Gasteiger partial charge in [0.1, 0.15) is 0 Å². The Labute approximate surface area is 136 Å². The maximum Gasteiger partial charge on any atom is 0.251 e. The Bertz CT molecular complexity index is 679. The zero-order chi connectivity index (χ0) is 15.5. The number of nitrogens with one attached hydrogen (secondary N) is 2. The first-order valence-corrected chi connectivity index (χ1v) is 8.21. The zero-order valence-electron chi connectivity index (χ0n) is 12.2. The molecule has 0 aliphatic rings. The lowest BCUT2D eigenvalue weighted by Gasteiger charge is -2.21. The lowest BCUT2D eigenvalue weighted by Crippen LogP contribution is -2.35. The molecule has 0 fully saturated rings. The fourth-order valence-electron chi connectivity index (χ4n) is 1.64. The summed E-state index contributed by atoms with van der Waals surface area (Å²) in [6, 6.07) is 7.54. The number of benzene rings is 1. The SMILES string of the molecule is CC(C)(C)NCc1ccc(Br)cc1Sc1nccc(=O)[nH]1. The van der Waals surface area contributed by atoms with Gasteiger partial charge in [-0.3, -0.25) is 4.79 Å². The maximum absolute atomic E-state index is 11.4. The predicted octanol–water partition coefficient (Wildman–Crippen LogP) is 3.57. The first-order chi connectivity index (χ1) is 9.83. The van der Waals surface area contributed by atoms with Crippen molar-refractivity contribution in [3.63, 3.8) is 0 Å². The van der Waals surface area contributed by atoms with Crippen LogP contribution in [-0.4, -0.2) is 15.5 Å². The Balaban J connectivity index is 2.25. The van der Waals surface area contributed by atoms with Crippen molar-refractivity contribution in [2.24, 2.45) is 0 Å². The lowest BCUT2D eigenvalue weighted by molar-refractivity contribution is 0.422. The van der Waals surface area contributed by atoms with Gasteiger partial charge >= 0.3 is 0 Å². The van der Waals surface area contributed by atoms with Gasteiger partial charge < -0.3 is 10.3 Å². The van der Waals surface area contributed by atoms with Gasteiger partial charge in [0.25, 0.3) is 5.56 Å². The summed E-state index contributed by atoms with van der Waals surface area (Å²) in [6.07, 6.45) is 1.52. The molecule has 0 amide bonds. The van der Waals surface area contributed by atoms with E-state index in [1.807, 2.05) is 12.1 Å². The van der Waals surface area contributed by atoms with E-state index in [4.69, 9.17) is 0 Å². The van der Waals surface area contributed by atoms with Crippen LogP contribution in [0.5, 0.6) is 0 Å². The van der Waals surface area contributed by atoms with Gasteiger partial charge in [-0.1, -0.05) is 33.8 Å². The van der Waals surface area contributed by atoms with Crippen LogP contribution in [0.15, 0.2) is 49.8 Å². The van der Waals surface area contributed by atoms with Crippen LogP contribution >= 0.6 is 27.7 Å². The molecule has 1 aromatic carbocycles. The van der Waals surface area contributed by atoms with E-state index in [1.54, 1.807) is 0 Å². The summed E-state index contributed by atoms with van der Waals surface area (Å²) in [5.41, 5.74) is 1.08. The van der Waals surface area contributed by atoms with E-state index >= 15 is 0 Å². The van der Waals surface area contributed by atoms with Gasteiger partial charge in [-0.15, -0.1) is 0 Å². The van der Waals surface area contributed by atoms with E-state index < -0.39 is 0 Å². The molecule has 0 saturated carbocycles. The maximum atomic E-state index is 11.4. The highest BCUT2D eigenvalue weighted by atomic mass is 79.9. The summed E-state index contributed by atoms with van der Waals surface area (Å²) in [5, 5.41) is 4.07. The predicted molar refractivity (Wildman–Crippen MR) is 89.7 cm³/mol. The molecule has 0 bridgehead atoms. The smallest absolute Gasteiger partial charge is 0.251 e. The third kappa shape index (κ3) is 5.30. The summed E-state index contributed by atoms with van der Waals surface area (Å²) in [7, 11) is 0. The average molecular weight is 368 g/mol. The van der Waals surface area contributed by atoms with Crippen molar-refractivity contribution in [3.8, 4) is 0 Å². The number of nitrogens with zero attached hydrogens (tertiary/aromatic N) is 1. The van der Waals surface area contributed by atoms with Crippen molar-refractivity contribution in [3.05, 3.63) is 50.9 Å². The van der Waals surface area contributed by atoms with E-state index in [0.717, 1.165) is 15.9 Å². The van der Waals surface area contributed by atoms with Crippen molar-refractivity contribution in [2.75, 3.05) is 0 Å². The molecule has 2 N–H and O–H groups in total. The Morgan fingerprint density at radius 3 is 2.76 bits per heavy atom. The normalized spacial score (nSPS) is 11.6. The van der Waals surface area contributed by atoms with Gasteiger partial charge in [-0.25, -0.2) is 4.98 Å². The van der Waals surface area contributed by atoms with Crippen LogP contribution < -0.4 is 10.9 Å². The molecule has 6 heteroatoms. The van der Waals surface area contributed by atoms with Crippen LogP contribution in [0.25, 0.3) is 0 Å². The Morgan fingerprint density at radius 2 is 2.10 bits per heavy atom. The molecule has 0 saturated heterocycles. The van der Waals surface area contributed by atoms with Gasteiger partial charge in [-0.2, -0.15) is 0 Å². The molecule has 21 heavy (non-hydrogen) atoms. The van der Waals surface area contributed by atoms with Crippen molar-refractivity contribution in [1.29, 1.82) is 0 Å². The van der Waals surface area contributed by atoms with Gasteiger partial charge in [0.05, 0.1) is 0 Å². The second-order valence-electron chi connectivity index (χ2n) is 5.70. The highest BCUT2D eigenvalue weighted by Crippen LogP contribution is 2.30. The summed E-state index contributed by atoms with van der Waals surface area (Å²) < 4.78 is 1.00. The largest absolute Gasteiger partial charge is 0.308 e. The quantitative estimate of drug-likeness (QED) is 0.810. The molecule has 4 nitrogen and oxygen atoms in total. The Kier molecular flexibility index (Phi) is 5.24. The van der Waals surface area contributed by atoms with Crippen molar-refractivity contribution in [1.82, 2.24) is 15.3 Å². The van der Waals surface area contributed by atoms with Crippen LogP contribution in [0.3, 0.4) is 0 Å². The van der Waals surface area contributed by atoms with E-state index in [1.165, 1.54) is 29.6 Å². The summed E-state index contributed by atoms with van der Waals surface area (Å²) in [5.74, 6) is 0. The molecule has 0 aliphatic heterocycles. The van der Waals surface area contributed by atoms with Crippen LogP contribution in [0.2, 0.25) is 0 Å². The van der Waals surface area contributed by atoms with Gasteiger partial charge in [0.15, 0.2) is 5.16 Å². The Morgan fingerprint density at radius 1 is 1.33 bits per heavy atom. The number of halogens is 1. The second kappa shape index (κ2) is 6.77. The van der Waals surface area contributed by atoms with Crippen LogP contribution in [0.1, 0.15) is 26.3 Å². The minimum atomic E-state index is -0.142. The number of rotatable bonds is 4. The van der Waals surface area contributed by atoms with E-state index in [-0.39, 0.29) is 11.1 Å². The van der Waals surface area contributed by atoms with E-state index in [2.05, 4.69) is 58.1 Å². The van der Waals surface area contributed by atoms with E-state index in [9.17, 15) is 4.79 Å². The molecule has 0 spiro atoms. The second-order valence-corrected chi connectivity index (χ2v) is 7.64. The first-order valence-electron chi connectivity index (χ1n) is 6.60. The monoisotopic (exact) mass is 367 g/mol. The topological polar surface area (TPSA) is 57.8 Å². The molecular formula is C15H18BrN3OS. The molecule has 0 aliphatic carbocycles. The minimum absolute atomic E-state index is 0.0499. The molecule has 112 valence electrons. The third-order valence-electron chi connectivity index (χ3n) is 2.69. The average Bonchev–Trinajstić information content (AvgIpc) is 2.36. The van der Waals surface area contributed by atoms with Crippen LogP contribution in [0, 0.1) is 0 Å². The van der Waals surface area contributed by atoms with E-state index in [0.29, 0.717) is 5.16 Å². The standard InChI is InChI=1S/C15H18BrN3OS/c1-15(2,3)18-9-10-4-5-11(16)8-12(10)21-14-17-7-6-13(20)19-14/h4-8,18H,9H2,1-3H3,(H,17,19,20). The zero-order valence-corrected chi connectivity index (χ0v) is 14.6. The fourth-order valence-corrected chi connectivity index (χ4v) is 3.08. The van der Waals surface area contributed by atoms with Crippen molar-refractivity contribution >= 4 is 27.7 Å². The van der Waals surface area contributed by atoms with Gasteiger partial charge in [0.2, 0.25) is 0 Å². The first kappa shape index (κ1) is 16.3.